The minimum absolute atomic E-state index is 0.0111. The topological polar surface area (TPSA) is 114 Å². The number of aromatic nitrogens is 3. The van der Waals surface area contributed by atoms with E-state index < -0.39 is 27.4 Å². The van der Waals surface area contributed by atoms with Crippen LogP contribution in [0.15, 0.2) is 41.7 Å². The van der Waals surface area contributed by atoms with Crippen LogP contribution in [-0.4, -0.2) is 59.1 Å². The average Bonchev–Trinajstić information content (AvgIpc) is 3.41. The molecule has 2 aliphatic heterocycles. The fourth-order valence-electron chi connectivity index (χ4n) is 5.52. The van der Waals surface area contributed by atoms with Crippen LogP contribution in [0.5, 0.6) is 0 Å². The lowest BCUT2D eigenvalue weighted by atomic mass is 9.83. The first kappa shape index (κ1) is 30.5. The van der Waals surface area contributed by atoms with Crippen molar-refractivity contribution in [3.8, 4) is 0 Å². The summed E-state index contributed by atoms with van der Waals surface area (Å²) < 4.78 is 69.2. The third-order valence-corrected chi connectivity index (χ3v) is 11.0. The maximum absolute atomic E-state index is 13.1. The van der Waals surface area contributed by atoms with Gasteiger partial charge >= 0.3 is 6.18 Å². The highest BCUT2D eigenvalue weighted by Crippen LogP contribution is 2.48. The number of nitrogens with zero attached hydrogens (tertiary/aromatic N) is 4. The summed E-state index contributed by atoms with van der Waals surface area (Å²) in [5.74, 6) is -1.40. The third-order valence-electron chi connectivity index (χ3n) is 7.91. The molecule has 2 aliphatic rings. The molecule has 0 unspecified atom stereocenters. The summed E-state index contributed by atoms with van der Waals surface area (Å²) in [4.78, 5) is 28.2. The zero-order valence-corrected chi connectivity index (χ0v) is 25.1. The maximum atomic E-state index is 13.1. The van der Waals surface area contributed by atoms with Gasteiger partial charge in [-0.05, 0) is 56.9 Å². The van der Waals surface area contributed by atoms with Crippen molar-refractivity contribution >= 4 is 27.1 Å². The van der Waals surface area contributed by atoms with Gasteiger partial charge in [-0.25, -0.2) is 18.4 Å². The number of ether oxygens (including phenoxy) is 1. The Labute approximate surface area is 246 Å². The second kappa shape index (κ2) is 11.6. The van der Waals surface area contributed by atoms with Gasteiger partial charge < -0.3 is 10.1 Å². The number of carbonyl (C=O) groups excluding carboxylic acids is 1. The largest absolute Gasteiger partial charge is 0.451 e. The van der Waals surface area contributed by atoms with Gasteiger partial charge in [-0.3, -0.25) is 14.7 Å². The van der Waals surface area contributed by atoms with E-state index in [1.165, 1.54) is 36.0 Å². The smallest absolute Gasteiger partial charge is 0.366 e. The number of rotatable bonds is 7. The number of nitrogens with one attached hydrogen (secondary N) is 1. The van der Waals surface area contributed by atoms with E-state index in [0.717, 1.165) is 10.4 Å². The Hall–Kier alpha value is -2.94. The van der Waals surface area contributed by atoms with E-state index in [0.29, 0.717) is 48.5 Å². The number of sulfone groups is 1. The van der Waals surface area contributed by atoms with E-state index in [9.17, 15) is 26.4 Å². The standard InChI is InChI=1S/C28H32F3N5O4S2/c1-4-42(38,39)22-6-5-21(32-16-22)15-33-25(37)23-12-19-11-17(2)40-27(24(19)41-23)7-9-36(10-8-27)18(3)20-13-34-26(35-14-20)28(29,30)31/h5-6,12-14,16-18H,4,7-11,15H2,1-3H3,(H,33,37)/t17-,18-/m0/s1. The summed E-state index contributed by atoms with van der Waals surface area (Å²) in [5.41, 5.74) is 1.72. The molecular formula is C28H32F3N5O4S2. The number of amides is 1. The molecule has 9 nitrogen and oxygen atoms in total. The molecule has 226 valence electrons. The van der Waals surface area contributed by atoms with E-state index in [1.807, 2.05) is 19.9 Å². The molecule has 0 aliphatic carbocycles. The van der Waals surface area contributed by atoms with E-state index in [4.69, 9.17) is 4.74 Å². The Morgan fingerprint density at radius 1 is 1.19 bits per heavy atom. The monoisotopic (exact) mass is 623 g/mol. The normalized spacial score (nSPS) is 19.8. The minimum Gasteiger partial charge on any atom is -0.366 e. The zero-order valence-electron chi connectivity index (χ0n) is 23.4. The highest BCUT2D eigenvalue weighted by atomic mass is 32.2. The maximum Gasteiger partial charge on any atom is 0.451 e. The predicted molar refractivity (Wildman–Crippen MR) is 150 cm³/mol. The molecule has 0 radical (unpaired) electrons. The highest BCUT2D eigenvalue weighted by molar-refractivity contribution is 7.91. The molecule has 1 saturated heterocycles. The summed E-state index contributed by atoms with van der Waals surface area (Å²) in [6, 6.07) is 4.85. The molecule has 14 heteroatoms. The van der Waals surface area contributed by atoms with Crippen molar-refractivity contribution in [3.05, 3.63) is 69.2 Å². The van der Waals surface area contributed by atoms with Crippen molar-refractivity contribution in [1.82, 2.24) is 25.2 Å². The van der Waals surface area contributed by atoms with Crippen LogP contribution in [0.25, 0.3) is 0 Å². The van der Waals surface area contributed by atoms with Gasteiger partial charge in [-0.2, -0.15) is 13.2 Å². The Morgan fingerprint density at radius 3 is 2.48 bits per heavy atom. The van der Waals surface area contributed by atoms with Gasteiger partial charge in [0, 0.05) is 48.2 Å². The van der Waals surface area contributed by atoms with Crippen molar-refractivity contribution in [1.29, 1.82) is 0 Å². The van der Waals surface area contributed by atoms with Crippen LogP contribution >= 0.6 is 11.3 Å². The molecule has 1 N–H and O–H groups in total. The van der Waals surface area contributed by atoms with E-state index in [-0.39, 0.29) is 35.2 Å². The number of pyridine rings is 1. The second-order valence-electron chi connectivity index (χ2n) is 10.7. The summed E-state index contributed by atoms with van der Waals surface area (Å²) >= 11 is 1.42. The molecule has 0 saturated carbocycles. The number of thiophene rings is 1. The van der Waals surface area contributed by atoms with Gasteiger partial charge in [-0.15, -0.1) is 11.3 Å². The molecule has 3 aromatic rings. The van der Waals surface area contributed by atoms with Gasteiger partial charge in [0.15, 0.2) is 9.84 Å². The van der Waals surface area contributed by atoms with Crippen LogP contribution < -0.4 is 5.32 Å². The Kier molecular flexibility index (Phi) is 8.45. The van der Waals surface area contributed by atoms with Crippen LogP contribution in [-0.2, 0) is 39.3 Å². The lowest BCUT2D eigenvalue weighted by Crippen LogP contribution is -2.48. The number of hydrogen-bond donors (Lipinski definition) is 1. The predicted octanol–water partition coefficient (Wildman–Crippen LogP) is 4.69. The number of hydrogen-bond acceptors (Lipinski definition) is 9. The quantitative estimate of drug-likeness (QED) is 0.403. The molecule has 0 bridgehead atoms. The Balaban J connectivity index is 1.25. The van der Waals surface area contributed by atoms with Crippen LogP contribution in [0.1, 0.15) is 76.8 Å². The number of carbonyl (C=O) groups is 1. The lowest BCUT2D eigenvalue weighted by Gasteiger charge is -2.47. The summed E-state index contributed by atoms with van der Waals surface area (Å²) in [7, 11) is -3.34. The SMILES string of the molecule is CCS(=O)(=O)c1ccc(CNC(=O)c2cc3c(s2)C2(CCN([C@@H](C)c4cnc(C(F)(F)F)nc4)CC2)O[C@@H](C)C3)nc1. The molecule has 3 aromatic heterocycles. The number of halogens is 3. The highest BCUT2D eigenvalue weighted by Gasteiger charge is 2.45. The molecule has 5 heterocycles. The number of piperidine rings is 1. The minimum atomic E-state index is -4.58. The van der Waals surface area contributed by atoms with Gasteiger partial charge in [-0.1, -0.05) is 6.92 Å². The first-order chi connectivity index (χ1) is 19.8. The third kappa shape index (κ3) is 6.21. The van der Waals surface area contributed by atoms with E-state index in [1.54, 1.807) is 13.0 Å². The second-order valence-corrected chi connectivity index (χ2v) is 14.0. The van der Waals surface area contributed by atoms with Crippen molar-refractivity contribution in [3.63, 3.8) is 0 Å². The van der Waals surface area contributed by atoms with Crippen molar-refractivity contribution in [2.75, 3.05) is 18.8 Å². The summed E-state index contributed by atoms with van der Waals surface area (Å²) in [6.45, 7) is 6.99. The van der Waals surface area contributed by atoms with Gasteiger partial charge in [0.05, 0.1) is 33.9 Å². The van der Waals surface area contributed by atoms with Gasteiger partial charge in [0.2, 0.25) is 5.82 Å². The molecule has 2 atom stereocenters. The Bertz CT molecular complexity index is 1530. The summed E-state index contributed by atoms with van der Waals surface area (Å²) in [5, 5.41) is 2.88. The van der Waals surface area contributed by atoms with E-state index >= 15 is 0 Å². The Morgan fingerprint density at radius 2 is 1.88 bits per heavy atom. The molecule has 1 spiro atoms. The molecule has 0 aromatic carbocycles. The molecular weight excluding hydrogens is 591 g/mol. The van der Waals surface area contributed by atoms with Crippen LogP contribution in [0.2, 0.25) is 0 Å². The lowest BCUT2D eigenvalue weighted by molar-refractivity contribution is -0.145. The fourth-order valence-corrected chi connectivity index (χ4v) is 7.64. The van der Waals surface area contributed by atoms with Crippen molar-refractivity contribution in [2.45, 2.75) is 75.4 Å². The molecule has 1 amide bonds. The number of alkyl halides is 3. The number of fused-ring (bicyclic) bond motifs is 2. The van der Waals surface area contributed by atoms with Crippen LogP contribution in [0.4, 0.5) is 13.2 Å². The fraction of sp³-hybridized carbons (Fsp3) is 0.500. The van der Waals surface area contributed by atoms with Crippen molar-refractivity contribution in [2.24, 2.45) is 0 Å². The van der Waals surface area contributed by atoms with Crippen molar-refractivity contribution < 1.29 is 31.1 Å². The van der Waals surface area contributed by atoms with Gasteiger partial charge in [0.1, 0.15) is 5.60 Å². The van der Waals surface area contributed by atoms with E-state index in [2.05, 4.69) is 25.2 Å². The molecule has 1 fully saturated rings. The first-order valence-corrected chi connectivity index (χ1v) is 16.2. The van der Waals surface area contributed by atoms with Gasteiger partial charge in [0.25, 0.3) is 5.91 Å². The number of likely N-dealkylation sites (tertiary alicyclic amines) is 1. The molecule has 5 rings (SSSR count). The van der Waals surface area contributed by atoms with Crippen LogP contribution in [0.3, 0.4) is 0 Å². The first-order valence-electron chi connectivity index (χ1n) is 13.7. The summed E-state index contributed by atoms with van der Waals surface area (Å²) in [6.07, 6.45) is 1.22. The molecule has 42 heavy (non-hydrogen) atoms. The average molecular weight is 624 g/mol. The van der Waals surface area contributed by atoms with Crippen LogP contribution in [0, 0.1) is 0 Å². The zero-order chi connectivity index (χ0) is 30.3.